The van der Waals surface area contributed by atoms with Crippen molar-refractivity contribution in [1.29, 1.82) is 0 Å². The van der Waals surface area contributed by atoms with E-state index in [0.29, 0.717) is 17.5 Å². The van der Waals surface area contributed by atoms with Crippen LogP contribution in [0.4, 0.5) is 0 Å². The zero-order valence-electron chi connectivity index (χ0n) is 10.5. The van der Waals surface area contributed by atoms with Gasteiger partial charge in [-0.3, -0.25) is 0 Å². The lowest BCUT2D eigenvalue weighted by Gasteiger charge is -2.14. The van der Waals surface area contributed by atoms with Crippen molar-refractivity contribution in [3.05, 3.63) is 70.8 Å². The standard InChI is InChI=1S/C16H12O4/c17-15(18)11-6-2-1-5-10(11)9-14-12-7-3-4-8-13(12)16(19)20-14/h1-8,14H,9H2,(H,17,18)/p-1/t14-/m1/s1. The van der Waals surface area contributed by atoms with Crippen molar-refractivity contribution in [3.63, 3.8) is 0 Å². The highest BCUT2D eigenvalue weighted by Crippen LogP contribution is 2.33. The van der Waals surface area contributed by atoms with E-state index in [1.807, 2.05) is 12.1 Å². The summed E-state index contributed by atoms with van der Waals surface area (Å²) in [5.74, 6) is -1.59. The predicted molar refractivity (Wildman–Crippen MR) is 69.1 cm³/mol. The van der Waals surface area contributed by atoms with E-state index in [9.17, 15) is 14.7 Å². The lowest BCUT2D eigenvalue weighted by molar-refractivity contribution is -0.255. The number of carboxylic acids is 1. The molecule has 0 saturated carbocycles. The Bertz CT molecular complexity index is 690. The molecule has 100 valence electrons. The maximum absolute atomic E-state index is 11.7. The molecule has 2 aromatic carbocycles. The lowest BCUT2D eigenvalue weighted by Crippen LogP contribution is -2.24. The van der Waals surface area contributed by atoms with Gasteiger partial charge >= 0.3 is 5.97 Å². The number of hydrogen-bond donors (Lipinski definition) is 0. The molecule has 0 aliphatic carbocycles. The summed E-state index contributed by atoms with van der Waals surface area (Å²) >= 11 is 0. The van der Waals surface area contributed by atoms with Crippen molar-refractivity contribution in [3.8, 4) is 0 Å². The quantitative estimate of drug-likeness (QED) is 0.790. The van der Waals surface area contributed by atoms with E-state index >= 15 is 0 Å². The summed E-state index contributed by atoms with van der Waals surface area (Å²) in [4.78, 5) is 22.8. The Balaban J connectivity index is 1.94. The van der Waals surface area contributed by atoms with E-state index in [0.717, 1.165) is 5.56 Å². The van der Waals surface area contributed by atoms with E-state index in [4.69, 9.17) is 4.74 Å². The van der Waals surface area contributed by atoms with Crippen molar-refractivity contribution in [1.82, 2.24) is 0 Å². The zero-order valence-corrected chi connectivity index (χ0v) is 10.5. The molecule has 1 heterocycles. The smallest absolute Gasteiger partial charge is 0.339 e. The molecule has 20 heavy (non-hydrogen) atoms. The van der Waals surface area contributed by atoms with E-state index in [2.05, 4.69) is 0 Å². The number of carboxylic acid groups (broad SMARTS) is 1. The van der Waals surface area contributed by atoms with Crippen LogP contribution < -0.4 is 5.11 Å². The second-order valence-electron chi connectivity index (χ2n) is 4.63. The summed E-state index contributed by atoms with van der Waals surface area (Å²) < 4.78 is 5.32. The third-order valence-electron chi connectivity index (χ3n) is 3.42. The van der Waals surface area contributed by atoms with Crippen LogP contribution in [0, 0.1) is 0 Å². The summed E-state index contributed by atoms with van der Waals surface area (Å²) in [5, 5.41) is 11.1. The van der Waals surface area contributed by atoms with Gasteiger partial charge in [-0.15, -0.1) is 0 Å². The topological polar surface area (TPSA) is 66.4 Å². The highest BCUT2D eigenvalue weighted by Gasteiger charge is 2.30. The fraction of sp³-hybridized carbons (Fsp3) is 0.125. The van der Waals surface area contributed by atoms with Gasteiger partial charge in [0.25, 0.3) is 0 Å². The number of fused-ring (bicyclic) bond motifs is 1. The summed E-state index contributed by atoms with van der Waals surface area (Å²) in [6.45, 7) is 0. The Morgan fingerprint density at radius 2 is 1.80 bits per heavy atom. The molecule has 1 aliphatic heterocycles. The van der Waals surface area contributed by atoms with Crippen molar-refractivity contribution in [2.45, 2.75) is 12.5 Å². The van der Waals surface area contributed by atoms with Gasteiger partial charge in [0.1, 0.15) is 6.10 Å². The minimum atomic E-state index is -1.22. The van der Waals surface area contributed by atoms with Gasteiger partial charge in [-0.1, -0.05) is 42.5 Å². The fourth-order valence-electron chi connectivity index (χ4n) is 2.47. The number of carbonyl (C=O) groups excluding carboxylic acids is 2. The van der Waals surface area contributed by atoms with Crippen LogP contribution in [-0.4, -0.2) is 11.9 Å². The molecule has 4 heteroatoms. The van der Waals surface area contributed by atoms with E-state index < -0.39 is 12.1 Å². The van der Waals surface area contributed by atoms with Crippen LogP contribution in [-0.2, 0) is 11.2 Å². The van der Waals surface area contributed by atoms with Gasteiger partial charge in [0.2, 0.25) is 0 Å². The third-order valence-corrected chi connectivity index (χ3v) is 3.42. The molecule has 1 atom stereocenters. The summed E-state index contributed by atoms with van der Waals surface area (Å²) in [5.41, 5.74) is 2.07. The largest absolute Gasteiger partial charge is 0.545 e. The molecule has 1 aliphatic rings. The normalized spacial score (nSPS) is 16.6. The number of esters is 1. The number of carbonyl (C=O) groups is 2. The molecule has 0 bridgehead atoms. The van der Waals surface area contributed by atoms with Gasteiger partial charge in [0, 0.05) is 17.5 Å². The maximum atomic E-state index is 11.7. The van der Waals surface area contributed by atoms with Crippen LogP contribution in [0.15, 0.2) is 48.5 Å². The molecule has 3 rings (SSSR count). The van der Waals surface area contributed by atoms with Crippen LogP contribution in [0.3, 0.4) is 0 Å². The predicted octanol–water partition coefficient (Wildman–Crippen LogP) is 1.50. The average molecular weight is 267 g/mol. The Hall–Kier alpha value is -2.62. The van der Waals surface area contributed by atoms with Gasteiger partial charge in [-0.25, -0.2) is 4.79 Å². The highest BCUT2D eigenvalue weighted by atomic mass is 16.5. The number of ether oxygens (including phenoxy) is 1. The number of benzene rings is 2. The number of cyclic esters (lactones) is 1. The van der Waals surface area contributed by atoms with Crippen LogP contribution in [0.2, 0.25) is 0 Å². The van der Waals surface area contributed by atoms with Crippen molar-refractivity contribution >= 4 is 11.9 Å². The molecule has 0 fully saturated rings. The van der Waals surface area contributed by atoms with Crippen molar-refractivity contribution in [2.24, 2.45) is 0 Å². The second kappa shape index (κ2) is 4.81. The maximum Gasteiger partial charge on any atom is 0.339 e. The van der Waals surface area contributed by atoms with Gasteiger partial charge < -0.3 is 14.6 Å². The van der Waals surface area contributed by atoms with Crippen molar-refractivity contribution in [2.75, 3.05) is 0 Å². The Morgan fingerprint density at radius 1 is 1.10 bits per heavy atom. The van der Waals surface area contributed by atoms with Crippen molar-refractivity contribution < 1.29 is 19.4 Å². The summed E-state index contributed by atoms with van der Waals surface area (Å²) in [7, 11) is 0. The van der Waals surface area contributed by atoms with Gasteiger partial charge in [-0.05, 0) is 11.6 Å². The molecule has 0 unspecified atom stereocenters. The molecule has 0 saturated heterocycles. The Morgan fingerprint density at radius 3 is 2.60 bits per heavy atom. The molecule has 0 amide bonds. The molecular weight excluding hydrogens is 256 g/mol. The molecule has 0 aromatic heterocycles. The van der Waals surface area contributed by atoms with E-state index in [-0.39, 0.29) is 11.5 Å². The second-order valence-corrected chi connectivity index (χ2v) is 4.63. The van der Waals surface area contributed by atoms with Gasteiger partial charge in [0.05, 0.1) is 11.5 Å². The molecule has 0 radical (unpaired) electrons. The molecule has 0 N–H and O–H groups in total. The first kappa shape index (κ1) is 12.4. The van der Waals surface area contributed by atoms with Crippen LogP contribution in [0.5, 0.6) is 0 Å². The number of rotatable bonds is 3. The molecule has 0 spiro atoms. The average Bonchev–Trinajstić information content (AvgIpc) is 2.76. The van der Waals surface area contributed by atoms with E-state index in [1.54, 1.807) is 30.3 Å². The highest BCUT2D eigenvalue weighted by molar-refractivity contribution is 5.94. The van der Waals surface area contributed by atoms with Crippen LogP contribution >= 0.6 is 0 Å². The first-order chi connectivity index (χ1) is 9.66. The summed E-state index contributed by atoms with van der Waals surface area (Å²) in [6.07, 6.45) is -0.119. The first-order valence-electron chi connectivity index (χ1n) is 6.26. The first-order valence-corrected chi connectivity index (χ1v) is 6.26. The summed E-state index contributed by atoms with van der Waals surface area (Å²) in [6, 6.07) is 13.7. The van der Waals surface area contributed by atoms with Crippen LogP contribution in [0.25, 0.3) is 0 Å². The number of aromatic carboxylic acids is 1. The third kappa shape index (κ3) is 2.05. The minimum Gasteiger partial charge on any atom is -0.545 e. The zero-order chi connectivity index (χ0) is 14.1. The molecule has 4 nitrogen and oxygen atoms in total. The van der Waals surface area contributed by atoms with Gasteiger partial charge in [-0.2, -0.15) is 0 Å². The Labute approximate surface area is 115 Å². The van der Waals surface area contributed by atoms with Crippen LogP contribution in [0.1, 0.15) is 37.9 Å². The number of hydrogen-bond acceptors (Lipinski definition) is 4. The molecule has 2 aromatic rings. The lowest BCUT2D eigenvalue weighted by atomic mass is 9.96. The van der Waals surface area contributed by atoms with Gasteiger partial charge in [0.15, 0.2) is 0 Å². The van der Waals surface area contributed by atoms with E-state index in [1.165, 1.54) is 6.07 Å². The molecular formula is C16H11O4-. The SMILES string of the molecule is O=C([O-])c1ccccc1C[C@H]1OC(=O)c2ccccc21. The Kier molecular flexibility index (Phi) is 2.99. The monoisotopic (exact) mass is 267 g/mol. The minimum absolute atomic E-state index is 0.132. The fourth-order valence-corrected chi connectivity index (χ4v) is 2.47.